The molecule has 1 aromatic heterocycles. The van der Waals surface area contributed by atoms with E-state index in [2.05, 4.69) is 15.6 Å². The number of benzene rings is 1. The summed E-state index contributed by atoms with van der Waals surface area (Å²) < 4.78 is 56.2. The van der Waals surface area contributed by atoms with Crippen molar-refractivity contribution in [3.63, 3.8) is 0 Å². The van der Waals surface area contributed by atoms with Crippen molar-refractivity contribution in [3.8, 4) is 5.88 Å². The molecule has 5 nitrogen and oxygen atoms in total. The fraction of sp³-hybridized carbons (Fsp3) is 0.400. The van der Waals surface area contributed by atoms with Crippen LogP contribution in [0.15, 0.2) is 42.6 Å². The Bertz CT molecular complexity index is 802. The second-order valence-corrected chi connectivity index (χ2v) is 6.93. The van der Waals surface area contributed by atoms with E-state index in [0.29, 0.717) is 32.2 Å². The summed E-state index contributed by atoms with van der Waals surface area (Å²) in [5, 5.41) is 5.62. The lowest BCUT2D eigenvalue weighted by molar-refractivity contribution is -0.137. The fourth-order valence-corrected chi connectivity index (χ4v) is 3.13. The zero-order chi connectivity index (χ0) is 20.9. The van der Waals surface area contributed by atoms with Crippen molar-refractivity contribution in [2.75, 3.05) is 0 Å². The van der Waals surface area contributed by atoms with Crippen LogP contribution in [-0.4, -0.2) is 23.2 Å². The maximum absolute atomic E-state index is 12.9. The molecule has 1 aromatic carbocycles. The van der Waals surface area contributed by atoms with Crippen LogP contribution in [0.25, 0.3) is 0 Å². The first-order valence-electron chi connectivity index (χ1n) is 9.28. The smallest absolute Gasteiger partial charge is 0.417 e. The molecule has 2 amide bonds. The minimum atomic E-state index is -4.42. The number of rotatable bonds is 5. The van der Waals surface area contributed by atoms with Gasteiger partial charge in [-0.2, -0.15) is 13.2 Å². The molecule has 1 aliphatic rings. The van der Waals surface area contributed by atoms with Crippen LogP contribution in [0.2, 0.25) is 0 Å². The highest BCUT2D eigenvalue weighted by atomic mass is 19.4. The van der Waals surface area contributed by atoms with E-state index in [1.54, 1.807) is 12.1 Å². The maximum atomic E-state index is 12.9. The standard InChI is InChI=1S/C20H21F4N3O2/c21-15-4-1-13(2-5-15)11-26-19(28)27-16-6-8-17(9-7-16)29-18-10-3-14(12-25-18)20(22,23)24/h1-5,10,12,16-17H,6-9,11H2,(H2,26,27,28). The molecule has 1 fully saturated rings. The van der Waals surface area contributed by atoms with Crippen LogP contribution in [0.4, 0.5) is 22.4 Å². The van der Waals surface area contributed by atoms with Gasteiger partial charge in [0.2, 0.25) is 5.88 Å². The molecule has 1 saturated carbocycles. The van der Waals surface area contributed by atoms with Gasteiger partial charge in [-0.1, -0.05) is 12.1 Å². The van der Waals surface area contributed by atoms with Gasteiger partial charge in [-0.15, -0.1) is 0 Å². The fourth-order valence-electron chi connectivity index (χ4n) is 3.13. The summed E-state index contributed by atoms with van der Waals surface area (Å²) in [4.78, 5) is 15.7. The number of carbonyl (C=O) groups is 1. The Balaban J connectivity index is 1.38. The Labute approximate surface area is 165 Å². The molecule has 2 N–H and O–H groups in total. The molecule has 1 aliphatic carbocycles. The van der Waals surface area contributed by atoms with E-state index in [0.717, 1.165) is 17.8 Å². The average Bonchev–Trinajstić information content (AvgIpc) is 2.69. The summed E-state index contributed by atoms with van der Waals surface area (Å²) in [7, 11) is 0. The SMILES string of the molecule is O=C(NCc1ccc(F)cc1)NC1CCC(Oc2ccc(C(F)(F)F)cn2)CC1. The van der Waals surface area contributed by atoms with Crippen molar-refractivity contribution >= 4 is 6.03 Å². The van der Waals surface area contributed by atoms with Crippen molar-refractivity contribution < 1.29 is 27.1 Å². The van der Waals surface area contributed by atoms with Gasteiger partial charge in [-0.05, 0) is 49.4 Å². The monoisotopic (exact) mass is 411 g/mol. The lowest BCUT2D eigenvalue weighted by atomic mass is 9.93. The van der Waals surface area contributed by atoms with Gasteiger partial charge in [0, 0.05) is 24.8 Å². The van der Waals surface area contributed by atoms with Gasteiger partial charge in [-0.3, -0.25) is 0 Å². The molecule has 0 atom stereocenters. The highest BCUT2D eigenvalue weighted by molar-refractivity contribution is 5.74. The lowest BCUT2D eigenvalue weighted by Gasteiger charge is -2.29. The molecule has 3 rings (SSSR count). The predicted octanol–water partition coefficient (Wildman–Crippen LogP) is 4.43. The Morgan fingerprint density at radius 2 is 1.76 bits per heavy atom. The van der Waals surface area contributed by atoms with E-state index in [-0.39, 0.29) is 29.9 Å². The van der Waals surface area contributed by atoms with Crippen molar-refractivity contribution in [2.24, 2.45) is 0 Å². The zero-order valence-corrected chi connectivity index (χ0v) is 15.5. The zero-order valence-electron chi connectivity index (χ0n) is 15.5. The van der Waals surface area contributed by atoms with Crippen LogP contribution in [0.3, 0.4) is 0 Å². The number of hydrogen-bond donors (Lipinski definition) is 2. The third-order valence-corrected chi connectivity index (χ3v) is 4.73. The second-order valence-electron chi connectivity index (χ2n) is 6.93. The minimum Gasteiger partial charge on any atom is -0.474 e. The summed E-state index contributed by atoms with van der Waals surface area (Å²) in [5.41, 5.74) is -0.0212. The third-order valence-electron chi connectivity index (χ3n) is 4.73. The molecule has 0 bridgehead atoms. The molecule has 0 radical (unpaired) electrons. The third kappa shape index (κ3) is 6.33. The number of pyridine rings is 1. The molecular formula is C20H21F4N3O2. The van der Waals surface area contributed by atoms with Gasteiger partial charge in [0.05, 0.1) is 5.56 Å². The summed E-state index contributed by atoms with van der Waals surface area (Å²) in [6.07, 6.45) is -1.12. The van der Waals surface area contributed by atoms with Crippen LogP contribution >= 0.6 is 0 Å². The number of aromatic nitrogens is 1. The van der Waals surface area contributed by atoms with Gasteiger partial charge in [-0.25, -0.2) is 14.2 Å². The first-order valence-corrected chi connectivity index (χ1v) is 9.28. The first-order chi connectivity index (χ1) is 13.8. The summed E-state index contributed by atoms with van der Waals surface area (Å²) in [5.74, 6) is -0.171. The van der Waals surface area contributed by atoms with Crippen molar-refractivity contribution in [1.82, 2.24) is 15.6 Å². The number of carbonyl (C=O) groups excluding carboxylic acids is 1. The van der Waals surface area contributed by atoms with Crippen LogP contribution in [-0.2, 0) is 12.7 Å². The van der Waals surface area contributed by atoms with E-state index in [9.17, 15) is 22.4 Å². The number of urea groups is 1. The molecule has 156 valence electrons. The number of halogens is 4. The lowest BCUT2D eigenvalue weighted by Crippen LogP contribution is -2.44. The van der Waals surface area contributed by atoms with E-state index < -0.39 is 11.7 Å². The number of hydrogen-bond acceptors (Lipinski definition) is 3. The molecule has 2 aromatic rings. The number of ether oxygens (including phenoxy) is 1. The summed E-state index contributed by atoms with van der Waals surface area (Å²) in [6, 6.07) is 7.73. The van der Waals surface area contributed by atoms with Crippen molar-refractivity contribution in [3.05, 3.63) is 59.5 Å². The number of alkyl halides is 3. The average molecular weight is 411 g/mol. The number of nitrogens with zero attached hydrogens (tertiary/aromatic N) is 1. The molecular weight excluding hydrogens is 390 g/mol. The molecule has 0 unspecified atom stereocenters. The van der Waals surface area contributed by atoms with Gasteiger partial charge < -0.3 is 15.4 Å². The largest absolute Gasteiger partial charge is 0.474 e. The highest BCUT2D eigenvalue weighted by Gasteiger charge is 2.31. The van der Waals surface area contributed by atoms with Gasteiger partial charge in [0.25, 0.3) is 0 Å². The van der Waals surface area contributed by atoms with Gasteiger partial charge in [0.1, 0.15) is 11.9 Å². The minimum absolute atomic E-state index is 0.0105. The van der Waals surface area contributed by atoms with E-state index in [1.807, 2.05) is 0 Å². The summed E-state index contributed by atoms with van der Waals surface area (Å²) >= 11 is 0. The normalized spacial score (nSPS) is 19.4. The highest BCUT2D eigenvalue weighted by Crippen LogP contribution is 2.30. The van der Waals surface area contributed by atoms with E-state index >= 15 is 0 Å². The topological polar surface area (TPSA) is 63.2 Å². The molecule has 0 aliphatic heterocycles. The maximum Gasteiger partial charge on any atom is 0.417 e. The van der Waals surface area contributed by atoms with Crippen molar-refractivity contribution in [2.45, 2.75) is 50.6 Å². The molecule has 29 heavy (non-hydrogen) atoms. The number of nitrogens with one attached hydrogen (secondary N) is 2. The number of amides is 2. The second kappa shape index (κ2) is 9.11. The van der Waals surface area contributed by atoms with E-state index in [1.165, 1.54) is 18.2 Å². The Morgan fingerprint density at radius 3 is 2.34 bits per heavy atom. The van der Waals surface area contributed by atoms with Crippen LogP contribution in [0.1, 0.15) is 36.8 Å². The quantitative estimate of drug-likeness (QED) is 0.716. The summed E-state index contributed by atoms with van der Waals surface area (Å²) in [6.45, 7) is 0.296. The molecule has 1 heterocycles. The van der Waals surface area contributed by atoms with Gasteiger partial charge >= 0.3 is 12.2 Å². The van der Waals surface area contributed by atoms with Crippen molar-refractivity contribution in [1.29, 1.82) is 0 Å². The molecule has 9 heteroatoms. The van der Waals surface area contributed by atoms with Gasteiger partial charge in [0.15, 0.2) is 0 Å². The molecule has 0 saturated heterocycles. The van der Waals surface area contributed by atoms with E-state index in [4.69, 9.17) is 4.74 Å². The van der Waals surface area contributed by atoms with Crippen LogP contribution < -0.4 is 15.4 Å². The van der Waals surface area contributed by atoms with Crippen LogP contribution in [0.5, 0.6) is 5.88 Å². The Morgan fingerprint density at radius 1 is 1.07 bits per heavy atom. The first kappa shape index (κ1) is 20.9. The molecule has 0 spiro atoms. The Hall–Kier alpha value is -2.84. The predicted molar refractivity (Wildman–Crippen MR) is 97.7 cm³/mol. The Kier molecular flexibility index (Phi) is 6.56. The van der Waals surface area contributed by atoms with Crippen LogP contribution in [0, 0.1) is 5.82 Å².